The second kappa shape index (κ2) is 3.26. The van der Waals surface area contributed by atoms with Crippen LogP contribution in [-0.2, 0) is 6.54 Å². The van der Waals surface area contributed by atoms with Crippen LogP contribution in [0.5, 0.6) is 0 Å². The van der Waals surface area contributed by atoms with Crippen LogP contribution in [0.15, 0.2) is 4.42 Å². The number of H-pyrrole nitrogens is 1. The van der Waals surface area contributed by atoms with Gasteiger partial charge in [-0.15, -0.1) is 10.2 Å². The van der Waals surface area contributed by atoms with Crippen molar-refractivity contribution in [2.45, 2.75) is 20.4 Å². The Bertz CT molecular complexity index is 443. The minimum atomic E-state index is 0.259. The molecule has 2 aromatic heterocycles. The van der Waals surface area contributed by atoms with Gasteiger partial charge in [0.15, 0.2) is 0 Å². The van der Waals surface area contributed by atoms with E-state index in [-0.39, 0.29) is 6.54 Å². The van der Waals surface area contributed by atoms with Crippen LogP contribution in [0, 0.1) is 19.9 Å². The van der Waals surface area contributed by atoms with Gasteiger partial charge < -0.3 is 15.1 Å². The van der Waals surface area contributed by atoms with E-state index in [0.717, 1.165) is 17.0 Å². The molecule has 5 heteroatoms. The summed E-state index contributed by atoms with van der Waals surface area (Å²) in [6.45, 7) is 4.12. The lowest BCUT2D eigenvalue weighted by Crippen LogP contribution is -1.95. The predicted molar refractivity (Wildman–Crippen MR) is 50.3 cm³/mol. The average Bonchev–Trinajstić information content (AvgIpc) is 2.71. The minimum Gasteiger partial charge on any atom is -0.418 e. The van der Waals surface area contributed by atoms with Gasteiger partial charge in [-0.1, -0.05) is 0 Å². The van der Waals surface area contributed by atoms with E-state index in [1.54, 1.807) is 0 Å². The van der Waals surface area contributed by atoms with Gasteiger partial charge in [0, 0.05) is 11.8 Å². The third-order valence-electron chi connectivity index (χ3n) is 1.92. The van der Waals surface area contributed by atoms with Crippen LogP contribution in [0.1, 0.15) is 17.1 Å². The van der Waals surface area contributed by atoms with Crippen molar-refractivity contribution in [3.63, 3.8) is 0 Å². The summed E-state index contributed by atoms with van der Waals surface area (Å²) in [5.74, 6) is 0.902. The molecule has 73 valence electrons. The first-order valence-electron chi connectivity index (χ1n) is 4.32. The molecule has 0 atom stereocenters. The van der Waals surface area contributed by atoms with Crippen LogP contribution >= 0.6 is 0 Å². The van der Waals surface area contributed by atoms with E-state index in [1.165, 1.54) is 0 Å². The predicted octanol–water partition coefficient (Wildman–Crippen LogP) is 0.940. The van der Waals surface area contributed by atoms with Crippen molar-refractivity contribution in [1.29, 1.82) is 0 Å². The SMILES string of the molecule is Cc1[c]c(C)c(-c2nnc(CN)o2)[nH]1. The van der Waals surface area contributed by atoms with Crippen molar-refractivity contribution in [1.82, 2.24) is 15.2 Å². The number of hydrogen-bond acceptors (Lipinski definition) is 4. The Kier molecular flexibility index (Phi) is 2.09. The van der Waals surface area contributed by atoms with Crippen LogP contribution in [0.4, 0.5) is 0 Å². The molecule has 2 aromatic rings. The maximum atomic E-state index is 5.37. The Labute approximate surface area is 81.3 Å². The standard InChI is InChI=1S/C9H11N4O/c1-5-3-6(2)11-8(5)9-13-12-7(4-10)14-9/h11H,4,10H2,1-2H3. The molecule has 0 unspecified atom stereocenters. The molecule has 0 bridgehead atoms. The molecule has 0 aliphatic carbocycles. The first-order valence-corrected chi connectivity index (χ1v) is 4.32. The zero-order chi connectivity index (χ0) is 10.1. The van der Waals surface area contributed by atoms with Crippen molar-refractivity contribution in [3.8, 4) is 11.6 Å². The Balaban J connectivity index is 2.43. The molecule has 0 saturated heterocycles. The van der Waals surface area contributed by atoms with Crippen LogP contribution in [-0.4, -0.2) is 15.2 Å². The topological polar surface area (TPSA) is 80.7 Å². The van der Waals surface area contributed by atoms with Gasteiger partial charge in [0.25, 0.3) is 5.89 Å². The highest BCUT2D eigenvalue weighted by Gasteiger charge is 2.12. The van der Waals surface area contributed by atoms with Gasteiger partial charge in [0.2, 0.25) is 5.89 Å². The molecule has 0 spiro atoms. The van der Waals surface area contributed by atoms with Gasteiger partial charge in [-0.2, -0.15) is 0 Å². The number of nitrogens with one attached hydrogen (secondary N) is 1. The van der Waals surface area contributed by atoms with Crippen molar-refractivity contribution in [2.24, 2.45) is 5.73 Å². The van der Waals surface area contributed by atoms with Crippen LogP contribution < -0.4 is 5.73 Å². The summed E-state index contributed by atoms with van der Waals surface area (Å²) in [6.07, 6.45) is 0. The fraction of sp³-hybridized carbons (Fsp3) is 0.333. The first-order chi connectivity index (χ1) is 6.70. The summed E-state index contributed by atoms with van der Waals surface area (Å²) in [4.78, 5) is 3.11. The first kappa shape index (κ1) is 8.96. The largest absolute Gasteiger partial charge is 0.418 e. The van der Waals surface area contributed by atoms with E-state index in [1.807, 2.05) is 13.8 Å². The van der Waals surface area contributed by atoms with E-state index >= 15 is 0 Å². The monoisotopic (exact) mass is 191 g/mol. The van der Waals surface area contributed by atoms with Gasteiger partial charge >= 0.3 is 0 Å². The van der Waals surface area contributed by atoms with Gasteiger partial charge in [-0.3, -0.25) is 0 Å². The summed E-state index contributed by atoms with van der Waals surface area (Å²) in [6, 6.07) is 3.12. The third kappa shape index (κ3) is 1.42. The molecule has 2 heterocycles. The molecule has 0 aliphatic rings. The zero-order valence-electron chi connectivity index (χ0n) is 8.09. The number of nitrogens with two attached hydrogens (primary N) is 1. The molecule has 0 fully saturated rings. The number of aryl methyl sites for hydroxylation is 2. The summed E-state index contributed by atoms with van der Waals surface area (Å²) in [5, 5.41) is 7.67. The quantitative estimate of drug-likeness (QED) is 0.740. The van der Waals surface area contributed by atoms with Crippen LogP contribution in [0.2, 0.25) is 0 Å². The lowest BCUT2D eigenvalue weighted by Gasteiger charge is -1.90. The van der Waals surface area contributed by atoms with E-state index in [4.69, 9.17) is 10.2 Å². The smallest absolute Gasteiger partial charge is 0.264 e. The summed E-state index contributed by atoms with van der Waals surface area (Å²) in [5.41, 5.74) is 8.10. The molecular formula is C9H11N4O. The molecule has 0 amide bonds. The molecule has 2 rings (SSSR count). The van der Waals surface area contributed by atoms with Crippen molar-refractivity contribution < 1.29 is 4.42 Å². The van der Waals surface area contributed by atoms with E-state index in [2.05, 4.69) is 21.2 Å². The number of nitrogens with zero attached hydrogens (tertiary/aromatic N) is 2. The molecule has 5 nitrogen and oxygen atoms in total. The third-order valence-corrected chi connectivity index (χ3v) is 1.92. The maximum Gasteiger partial charge on any atom is 0.264 e. The summed E-state index contributed by atoms with van der Waals surface area (Å²) in [7, 11) is 0. The number of aromatic amines is 1. The van der Waals surface area contributed by atoms with Gasteiger partial charge in [0.1, 0.15) is 5.69 Å². The Hall–Kier alpha value is -1.62. The van der Waals surface area contributed by atoms with Crippen LogP contribution in [0.3, 0.4) is 0 Å². The fourth-order valence-corrected chi connectivity index (χ4v) is 1.31. The molecule has 0 aliphatic heterocycles. The second-order valence-corrected chi connectivity index (χ2v) is 3.08. The Morgan fingerprint density at radius 2 is 2.21 bits per heavy atom. The molecule has 1 radical (unpaired) electrons. The van der Waals surface area contributed by atoms with Crippen molar-refractivity contribution in [3.05, 3.63) is 23.2 Å². The molecule has 14 heavy (non-hydrogen) atoms. The lowest BCUT2D eigenvalue weighted by atomic mass is 10.2. The number of hydrogen-bond donors (Lipinski definition) is 2. The fourth-order valence-electron chi connectivity index (χ4n) is 1.31. The minimum absolute atomic E-state index is 0.259. The summed E-state index contributed by atoms with van der Waals surface area (Å²) < 4.78 is 5.31. The Morgan fingerprint density at radius 3 is 2.71 bits per heavy atom. The van der Waals surface area contributed by atoms with Crippen molar-refractivity contribution >= 4 is 0 Å². The Morgan fingerprint density at radius 1 is 1.43 bits per heavy atom. The van der Waals surface area contributed by atoms with Crippen molar-refractivity contribution in [2.75, 3.05) is 0 Å². The van der Waals surface area contributed by atoms with E-state index < -0.39 is 0 Å². The average molecular weight is 191 g/mol. The van der Waals surface area contributed by atoms with E-state index in [9.17, 15) is 0 Å². The molecule has 0 aromatic carbocycles. The normalized spacial score (nSPS) is 10.8. The molecule has 3 N–H and O–H groups in total. The van der Waals surface area contributed by atoms with Gasteiger partial charge in [-0.25, -0.2) is 0 Å². The van der Waals surface area contributed by atoms with Gasteiger partial charge in [-0.05, 0) is 19.4 Å². The van der Waals surface area contributed by atoms with Crippen LogP contribution in [0.25, 0.3) is 11.6 Å². The molecular weight excluding hydrogens is 180 g/mol. The zero-order valence-corrected chi connectivity index (χ0v) is 8.09. The highest BCUT2D eigenvalue weighted by molar-refractivity contribution is 5.53. The van der Waals surface area contributed by atoms with Gasteiger partial charge in [0.05, 0.1) is 6.54 Å². The highest BCUT2D eigenvalue weighted by Crippen LogP contribution is 2.20. The second-order valence-electron chi connectivity index (χ2n) is 3.08. The number of rotatable bonds is 2. The maximum absolute atomic E-state index is 5.37. The van der Waals surface area contributed by atoms with E-state index in [0.29, 0.717) is 11.8 Å². The summed E-state index contributed by atoms with van der Waals surface area (Å²) >= 11 is 0. The molecule has 0 saturated carbocycles. The lowest BCUT2D eigenvalue weighted by molar-refractivity contribution is 0.507. The number of aromatic nitrogens is 3. The highest BCUT2D eigenvalue weighted by atomic mass is 16.4.